The van der Waals surface area contributed by atoms with Crippen molar-refractivity contribution in [2.45, 2.75) is 271 Å². The lowest BCUT2D eigenvalue weighted by atomic mass is 10.1. The molecule has 0 aliphatic heterocycles. The first-order valence-electron chi connectivity index (χ1n) is 26.8. The lowest BCUT2D eigenvalue weighted by molar-refractivity contribution is -0.166. The molecule has 6 nitrogen and oxygen atoms in total. The van der Waals surface area contributed by atoms with Crippen LogP contribution in [0.2, 0.25) is 0 Å². The molecule has 1 unspecified atom stereocenters. The summed E-state index contributed by atoms with van der Waals surface area (Å²) in [6, 6.07) is 0. The predicted molar refractivity (Wildman–Crippen MR) is 270 cm³/mol. The van der Waals surface area contributed by atoms with E-state index in [2.05, 4.69) is 75.5 Å². The first-order valence-corrected chi connectivity index (χ1v) is 26.8. The van der Waals surface area contributed by atoms with Crippen LogP contribution in [0.1, 0.15) is 265 Å². The van der Waals surface area contributed by atoms with E-state index in [4.69, 9.17) is 14.2 Å². The lowest BCUT2D eigenvalue weighted by Crippen LogP contribution is -2.30. The van der Waals surface area contributed by atoms with Crippen LogP contribution in [0.4, 0.5) is 0 Å². The van der Waals surface area contributed by atoms with Gasteiger partial charge in [-0.05, 0) is 89.9 Å². The van der Waals surface area contributed by atoms with Crippen LogP contribution in [0.5, 0.6) is 0 Å². The second-order valence-corrected chi connectivity index (χ2v) is 17.8. The summed E-state index contributed by atoms with van der Waals surface area (Å²) in [5.41, 5.74) is 0. The Hall–Kier alpha value is -2.89. The molecular formula is C57H100O6. The van der Waals surface area contributed by atoms with E-state index < -0.39 is 6.10 Å². The Labute approximate surface area is 390 Å². The van der Waals surface area contributed by atoms with Gasteiger partial charge in [-0.3, -0.25) is 14.4 Å². The molecular weight excluding hydrogens is 781 g/mol. The number of rotatable bonds is 48. The van der Waals surface area contributed by atoms with Gasteiger partial charge >= 0.3 is 17.9 Å². The molecule has 0 aromatic carbocycles. The second-order valence-electron chi connectivity index (χ2n) is 17.8. The molecule has 0 rings (SSSR count). The minimum absolute atomic E-state index is 0.103. The van der Waals surface area contributed by atoms with Gasteiger partial charge in [0.2, 0.25) is 0 Å². The molecule has 0 spiro atoms. The summed E-state index contributed by atoms with van der Waals surface area (Å²) in [5.74, 6) is -0.986. The zero-order valence-electron chi connectivity index (χ0n) is 41.6. The summed E-state index contributed by atoms with van der Waals surface area (Å²) in [5, 5.41) is 0. The van der Waals surface area contributed by atoms with Crippen LogP contribution in [-0.4, -0.2) is 37.2 Å². The first kappa shape index (κ1) is 60.1. The third-order valence-electron chi connectivity index (χ3n) is 11.5. The van der Waals surface area contributed by atoms with E-state index in [9.17, 15) is 14.4 Å². The molecule has 0 aliphatic rings. The van der Waals surface area contributed by atoms with E-state index in [-0.39, 0.29) is 37.5 Å². The molecule has 0 aliphatic carbocycles. The summed E-state index contributed by atoms with van der Waals surface area (Å²) in [7, 11) is 0. The highest BCUT2D eigenvalue weighted by atomic mass is 16.6. The number of allylic oxidation sites excluding steroid dienone is 10. The van der Waals surface area contributed by atoms with Gasteiger partial charge in [0.05, 0.1) is 0 Å². The van der Waals surface area contributed by atoms with Crippen molar-refractivity contribution in [3.05, 3.63) is 60.8 Å². The number of unbranched alkanes of at least 4 members (excludes halogenated alkanes) is 28. The monoisotopic (exact) mass is 881 g/mol. The average Bonchev–Trinajstić information content (AvgIpc) is 3.28. The van der Waals surface area contributed by atoms with E-state index in [1.165, 1.54) is 154 Å². The van der Waals surface area contributed by atoms with Crippen molar-refractivity contribution in [3.63, 3.8) is 0 Å². The number of esters is 3. The highest BCUT2D eigenvalue weighted by molar-refractivity contribution is 5.71. The molecule has 0 saturated heterocycles. The normalized spacial score (nSPS) is 12.5. The Morgan fingerprint density at radius 3 is 1.10 bits per heavy atom. The lowest BCUT2D eigenvalue weighted by Gasteiger charge is -2.18. The fourth-order valence-corrected chi connectivity index (χ4v) is 7.42. The maximum absolute atomic E-state index is 12.8. The van der Waals surface area contributed by atoms with Gasteiger partial charge in [0, 0.05) is 19.3 Å². The van der Waals surface area contributed by atoms with Crippen LogP contribution in [0, 0.1) is 0 Å². The van der Waals surface area contributed by atoms with Gasteiger partial charge in [-0.25, -0.2) is 0 Å². The predicted octanol–water partition coefficient (Wildman–Crippen LogP) is 17.6. The first-order chi connectivity index (χ1) is 31.0. The number of ether oxygens (including phenoxy) is 3. The summed E-state index contributed by atoms with van der Waals surface area (Å²) >= 11 is 0. The maximum atomic E-state index is 12.8. The fourth-order valence-electron chi connectivity index (χ4n) is 7.42. The zero-order chi connectivity index (χ0) is 45.8. The largest absolute Gasteiger partial charge is 0.462 e. The van der Waals surface area contributed by atoms with Gasteiger partial charge in [-0.1, -0.05) is 216 Å². The molecule has 0 N–H and O–H groups in total. The van der Waals surface area contributed by atoms with E-state index in [1.807, 2.05) is 6.08 Å². The van der Waals surface area contributed by atoms with Crippen molar-refractivity contribution < 1.29 is 28.6 Å². The third-order valence-corrected chi connectivity index (χ3v) is 11.5. The molecule has 364 valence electrons. The van der Waals surface area contributed by atoms with E-state index in [0.29, 0.717) is 19.3 Å². The van der Waals surface area contributed by atoms with Crippen LogP contribution in [-0.2, 0) is 28.6 Å². The average molecular weight is 881 g/mol. The molecule has 1 atom stereocenters. The molecule has 0 aromatic heterocycles. The van der Waals surface area contributed by atoms with Gasteiger partial charge < -0.3 is 14.2 Å². The molecule has 0 bridgehead atoms. The Bertz CT molecular complexity index is 1150. The molecule has 0 amide bonds. The van der Waals surface area contributed by atoms with Crippen molar-refractivity contribution in [2.75, 3.05) is 13.2 Å². The van der Waals surface area contributed by atoms with Crippen molar-refractivity contribution in [1.82, 2.24) is 0 Å². The number of carbonyl (C=O) groups is 3. The number of carbonyl (C=O) groups excluding carboxylic acids is 3. The van der Waals surface area contributed by atoms with Crippen molar-refractivity contribution in [2.24, 2.45) is 0 Å². The van der Waals surface area contributed by atoms with E-state index in [0.717, 1.165) is 64.2 Å². The van der Waals surface area contributed by atoms with Gasteiger partial charge in [0.25, 0.3) is 0 Å². The molecule has 0 radical (unpaired) electrons. The van der Waals surface area contributed by atoms with Crippen LogP contribution < -0.4 is 0 Å². The summed E-state index contributed by atoms with van der Waals surface area (Å²) < 4.78 is 16.7. The Kier molecular flexibility index (Phi) is 49.4. The molecule has 0 saturated carbocycles. The number of hydrogen-bond acceptors (Lipinski definition) is 6. The molecule has 6 heteroatoms. The van der Waals surface area contributed by atoms with Gasteiger partial charge in [-0.2, -0.15) is 0 Å². The quantitative estimate of drug-likeness (QED) is 0.0199. The highest BCUT2D eigenvalue weighted by Gasteiger charge is 2.19. The SMILES string of the molecule is CCCCC/C=C\C=C/CCCCCCCCCCCCC(=O)OCC(COC(=O)CCCCC/C=C\CCCCCCCC)OC(=O)CC/C=C\C/C=C\CCCCCCCC. The summed E-state index contributed by atoms with van der Waals surface area (Å²) in [6.07, 6.45) is 63.6. The van der Waals surface area contributed by atoms with Gasteiger partial charge in [0.1, 0.15) is 13.2 Å². The van der Waals surface area contributed by atoms with Crippen LogP contribution in [0.25, 0.3) is 0 Å². The third kappa shape index (κ3) is 50.0. The van der Waals surface area contributed by atoms with E-state index in [1.54, 1.807) is 0 Å². The molecule has 0 aromatic rings. The Morgan fingerprint density at radius 2 is 0.651 bits per heavy atom. The molecule has 0 fully saturated rings. The number of hydrogen-bond donors (Lipinski definition) is 0. The minimum Gasteiger partial charge on any atom is -0.462 e. The summed E-state index contributed by atoms with van der Waals surface area (Å²) in [4.78, 5) is 37.9. The van der Waals surface area contributed by atoms with Crippen LogP contribution in [0.15, 0.2) is 60.8 Å². The molecule has 63 heavy (non-hydrogen) atoms. The van der Waals surface area contributed by atoms with Crippen LogP contribution in [0.3, 0.4) is 0 Å². The Balaban J connectivity index is 4.41. The minimum atomic E-state index is -0.810. The topological polar surface area (TPSA) is 78.9 Å². The Morgan fingerprint density at radius 1 is 0.333 bits per heavy atom. The standard InChI is InChI=1S/C57H100O6/c1-4-7-10-13-16-19-22-25-26-27-28-29-30-33-35-38-41-44-47-50-56(59)62-53-54(63-57(60)51-48-45-42-39-36-32-24-21-18-15-12-9-6-3)52-61-55(58)49-46-43-40-37-34-31-23-20-17-14-11-8-5-2/h16,19,22,25,31-32,34,36,42,45,54H,4-15,17-18,20-21,23-24,26-30,33,35,37-41,43-44,46-53H2,1-3H3/b19-16-,25-22-,34-31-,36-32-,45-42-. The van der Waals surface area contributed by atoms with E-state index >= 15 is 0 Å². The van der Waals surface area contributed by atoms with Crippen molar-refractivity contribution in [3.8, 4) is 0 Å². The maximum Gasteiger partial charge on any atom is 0.306 e. The summed E-state index contributed by atoms with van der Waals surface area (Å²) in [6.45, 7) is 6.54. The smallest absolute Gasteiger partial charge is 0.306 e. The zero-order valence-corrected chi connectivity index (χ0v) is 41.6. The highest BCUT2D eigenvalue weighted by Crippen LogP contribution is 2.14. The van der Waals surface area contributed by atoms with Crippen LogP contribution >= 0.6 is 0 Å². The molecule has 0 heterocycles. The van der Waals surface area contributed by atoms with Gasteiger partial charge in [0.15, 0.2) is 6.10 Å². The second kappa shape index (κ2) is 51.7. The van der Waals surface area contributed by atoms with Crippen molar-refractivity contribution in [1.29, 1.82) is 0 Å². The van der Waals surface area contributed by atoms with Crippen molar-refractivity contribution >= 4 is 17.9 Å². The van der Waals surface area contributed by atoms with Gasteiger partial charge in [-0.15, -0.1) is 0 Å². The fraction of sp³-hybridized carbons (Fsp3) is 0.772.